The van der Waals surface area contributed by atoms with Gasteiger partial charge < -0.3 is 15.8 Å². The van der Waals surface area contributed by atoms with Gasteiger partial charge in [-0.2, -0.15) is 0 Å². The average Bonchev–Trinajstić information content (AvgIpc) is 3.20. The van der Waals surface area contributed by atoms with Crippen LogP contribution in [0.4, 0.5) is 10.5 Å². The number of hydrogen-bond donors (Lipinski definition) is 3. The molecule has 2 heterocycles. The Bertz CT molecular complexity index is 822. The zero-order valence-electron chi connectivity index (χ0n) is 15.8. The average molecular weight is 397 g/mol. The van der Waals surface area contributed by atoms with Gasteiger partial charge in [0.15, 0.2) is 0 Å². The number of para-hydroxylation sites is 1. The van der Waals surface area contributed by atoms with E-state index in [1.807, 2.05) is 6.07 Å². The number of hydrogen-bond acceptors (Lipinski definition) is 5. The van der Waals surface area contributed by atoms with Gasteiger partial charge in [0.05, 0.1) is 29.7 Å². The van der Waals surface area contributed by atoms with E-state index in [-0.39, 0.29) is 30.9 Å². The highest BCUT2D eigenvalue weighted by atomic mass is 16.5. The van der Waals surface area contributed by atoms with Crippen LogP contribution in [0, 0.1) is 11.8 Å². The zero-order valence-corrected chi connectivity index (χ0v) is 15.8. The van der Waals surface area contributed by atoms with Crippen LogP contribution in [-0.2, 0) is 14.3 Å². The monoisotopic (exact) mass is 397 g/mol. The van der Waals surface area contributed by atoms with Gasteiger partial charge in [-0.25, -0.2) is 9.79 Å². The number of benzene rings is 1. The minimum absolute atomic E-state index is 0.0432. The molecule has 9 nitrogen and oxygen atoms in total. The number of amides is 4. The Hall–Kier alpha value is -3.46. The predicted octanol–water partition coefficient (Wildman–Crippen LogP) is 0.673. The summed E-state index contributed by atoms with van der Waals surface area (Å²) in [6.07, 6.45) is 1.98. The highest BCUT2D eigenvalue weighted by Gasteiger charge is 2.58. The van der Waals surface area contributed by atoms with Crippen molar-refractivity contribution in [2.75, 3.05) is 13.1 Å². The van der Waals surface area contributed by atoms with Gasteiger partial charge in [0.25, 0.3) is 0 Å². The van der Waals surface area contributed by atoms with Crippen LogP contribution in [0.25, 0.3) is 0 Å². The van der Waals surface area contributed by atoms with Crippen molar-refractivity contribution in [1.29, 1.82) is 0 Å². The molecular formula is C20H23N5O4. The Balaban J connectivity index is 1.53. The molecule has 2 saturated heterocycles. The fraction of sp³-hybridized carbons (Fsp3) is 0.300. The molecule has 2 aliphatic rings. The molecule has 0 saturated carbocycles. The number of likely N-dealkylation sites (tertiary alicyclic amines) is 1. The number of aliphatic imine (C=N–C) groups is 1. The van der Waals surface area contributed by atoms with E-state index in [1.165, 1.54) is 12.2 Å². The summed E-state index contributed by atoms with van der Waals surface area (Å²) < 4.78 is 5.64. The molecule has 0 aliphatic carbocycles. The molecular weight excluding hydrogens is 374 g/mol. The zero-order chi connectivity index (χ0) is 21.0. The summed E-state index contributed by atoms with van der Waals surface area (Å²) >= 11 is 0. The largest absolute Gasteiger partial charge is 0.369 e. The van der Waals surface area contributed by atoms with E-state index >= 15 is 0 Å². The SMILES string of the molecule is C=CC1OC(C=C)C2C(=O)N(CCNC(=O)NC(N)=Nc3ccccc3)C(=O)C12. The fourth-order valence-corrected chi connectivity index (χ4v) is 3.55. The lowest BCUT2D eigenvalue weighted by Crippen LogP contribution is -2.46. The van der Waals surface area contributed by atoms with Crippen molar-refractivity contribution < 1.29 is 19.1 Å². The number of rotatable bonds is 6. The van der Waals surface area contributed by atoms with Crippen LogP contribution in [0.15, 0.2) is 60.6 Å². The van der Waals surface area contributed by atoms with E-state index in [1.54, 1.807) is 24.3 Å². The second kappa shape index (κ2) is 8.70. The van der Waals surface area contributed by atoms with Gasteiger partial charge >= 0.3 is 6.03 Å². The van der Waals surface area contributed by atoms with Crippen molar-refractivity contribution in [3.05, 3.63) is 55.6 Å². The molecule has 2 fully saturated rings. The van der Waals surface area contributed by atoms with Crippen molar-refractivity contribution >= 4 is 29.5 Å². The Morgan fingerprint density at radius 2 is 1.72 bits per heavy atom. The predicted molar refractivity (Wildman–Crippen MR) is 107 cm³/mol. The summed E-state index contributed by atoms with van der Waals surface area (Å²) in [7, 11) is 0. The molecule has 2 aliphatic heterocycles. The van der Waals surface area contributed by atoms with Crippen LogP contribution in [0.1, 0.15) is 0 Å². The lowest BCUT2D eigenvalue weighted by molar-refractivity contribution is -0.142. The van der Waals surface area contributed by atoms with Gasteiger partial charge in [0, 0.05) is 13.1 Å². The highest BCUT2D eigenvalue weighted by molar-refractivity contribution is 6.06. The van der Waals surface area contributed by atoms with E-state index in [4.69, 9.17) is 10.5 Å². The van der Waals surface area contributed by atoms with Crippen LogP contribution in [-0.4, -0.2) is 54.0 Å². The number of nitrogens with one attached hydrogen (secondary N) is 2. The van der Waals surface area contributed by atoms with Crippen LogP contribution < -0.4 is 16.4 Å². The van der Waals surface area contributed by atoms with Crippen molar-refractivity contribution in [2.45, 2.75) is 12.2 Å². The molecule has 0 radical (unpaired) electrons. The van der Waals surface area contributed by atoms with Crippen molar-refractivity contribution in [3.63, 3.8) is 0 Å². The molecule has 4 amide bonds. The van der Waals surface area contributed by atoms with Gasteiger partial charge in [0.1, 0.15) is 0 Å². The smallest absolute Gasteiger partial charge is 0.321 e. The molecule has 29 heavy (non-hydrogen) atoms. The number of imide groups is 1. The first-order valence-corrected chi connectivity index (χ1v) is 9.16. The summed E-state index contributed by atoms with van der Waals surface area (Å²) in [5.74, 6) is -1.95. The molecule has 1 aromatic rings. The molecule has 3 rings (SSSR count). The maximum Gasteiger partial charge on any atom is 0.321 e. The maximum atomic E-state index is 12.7. The number of ether oxygens (including phenoxy) is 1. The van der Waals surface area contributed by atoms with E-state index in [0.29, 0.717) is 5.69 Å². The van der Waals surface area contributed by atoms with Gasteiger partial charge in [0.2, 0.25) is 17.8 Å². The van der Waals surface area contributed by atoms with Gasteiger partial charge in [-0.1, -0.05) is 30.4 Å². The third kappa shape index (κ3) is 4.19. The molecule has 1 aromatic carbocycles. The van der Waals surface area contributed by atoms with Crippen LogP contribution in [0.2, 0.25) is 0 Å². The van der Waals surface area contributed by atoms with Gasteiger partial charge in [-0.3, -0.25) is 19.8 Å². The van der Waals surface area contributed by atoms with E-state index < -0.39 is 30.1 Å². The summed E-state index contributed by atoms with van der Waals surface area (Å²) in [5.41, 5.74) is 6.29. The molecule has 0 spiro atoms. The normalized spacial score (nSPS) is 26.2. The first-order chi connectivity index (χ1) is 14.0. The molecule has 0 bridgehead atoms. The molecule has 4 N–H and O–H groups in total. The molecule has 0 aromatic heterocycles. The topological polar surface area (TPSA) is 126 Å². The van der Waals surface area contributed by atoms with Crippen LogP contribution >= 0.6 is 0 Å². The van der Waals surface area contributed by atoms with Gasteiger partial charge in [-0.05, 0) is 12.1 Å². The van der Waals surface area contributed by atoms with Crippen molar-refractivity contribution in [2.24, 2.45) is 22.6 Å². The first kappa shape index (κ1) is 20.3. The van der Waals surface area contributed by atoms with Crippen LogP contribution in [0.5, 0.6) is 0 Å². The van der Waals surface area contributed by atoms with Gasteiger partial charge in [-0.15, -0.1) is 13.2 Å². The third-order valence-corrected chi connectivity index (χ3v) is 4.84. The second-order valence-corrected chi connectivity index (χ2v) is 6.63. The van der Waals surface area contributed by atoms with Crippen molar-refractivity contribution in [1.82, 2.24) is 15.5 Å². The Kier molecular flexibility index (Phi) is 6.08. The summed E-state index contributed by atoms with van der Waals surface area (Å²) in [5, 5.41) is 4.95. The number of carbonyl (C=O) groups is 3. The minimum atomic E-state index is -0.606. The molecule has 4 unspecified atom stereocenters. The third-order valence-electron chi connectivity index (χ3n) is 4.84. The minimum Gasteiger partial charge on any atom is -0.369 e. The quantitative estimate of drug-likeness (QED) is 0.282. The molecule has 9 heteroatoms. The number of fused-ring (bicyclic) bond motifs is 1. The van der Waals surface area contributed by atoms with E-state index in [0.717, 1.165) is 4.90 Å². The standard InChI is InChI=1S/C20H23N5O4/c1-3-13-15-16(14(4-2)29-13)18(27)25(17(15)26)11-10-22-20(28)24-19(21)23-12-8-6-5-7-9-12/h3-9,13-16H,1-2,10-11H2,(H4,21,22,23,24,28). The molecule has 152 valence electrons. The fourth-order valence-electron chi connectivity index (χ4n) is 3.55. The number of urea groups is 1. The highest BCUT2D eigenvalue weighted by Crippen LogP contribution is 2.41. The number of carbonyl (C=O) groups excluding carboxylic acids is 3. The van der Waals surface area contributed by atoms with Crippen LogP contribution in [0.3, 0.4) is 0 Å². The maximum absolute atomic E-state index is 12.7. The van der Waals surface area contributed by atoms with E-state index in [9.17, 15) is 14.4 Å². The number of guanidine groups is 1. The lowest BCUT2D eigenvalue weighted by Gasteiger charge is -2.19. The summed E-state index contributed by atoms with van der Waals surface area (Å²) in [6.45, 7) is 7.45. The Labute approximate surface area is 168 Å². The summed E-state index contributed by atoms with van der Waals surface area (Å²) in [4.78, 5) is 42.5. The molecule has 4 atom stereocenters. The second-order valence-electron chi connectivity index (χ2n) is 6.63. The Morgan fingerprint density at radius 1 is 1.14 bits per heavy atom. The first-order valence-electron chi connectivity index (χ1n) is 9.16. The number of nitrogens with two attached hydrogens (primary N) is 1. The number of nitrogens with zero attached hydrogens (tertiary/aromatic N) is 2. The summed E-state index contributed by atoms with van der Waals surface area (Å²) in [6, 6.07) is 8.33. The van der Waals surface area contributed by atoms with Crippen molar-refractivity contribution in [3.8, 4) is 0 Å². The Morgan fingerprint density at radius 3 is 2.28 bits per heavy atom. The van der Waals surface area contributed by atoms with E-state index in [2.05, 4.69) is 28.8 Å². The lowest BCUT2D eigenvalue weighted by atomic mass is 9.89.